The summed E-state index contributed by atoms with van der Waals surface area (Å²) in [7, 11) is 1.84. The highest BCUT2D eigenvalue weighted by molar-refractivity contribution is 9.10. The summed E-state index contributed by atoms with van der Waals surface area (Å²) in [6.07, 6.45) is 1.65. The number of halogens is 2. The number of rotatable bonds is 3. The van der Waals surface area contributed by atoms with Crippen LogP contribution in [0.2, 0.25) is 0 Å². The number of pyridine rings is 1. The Labute approximate surface area is 168 Å². The Morgan fingerprint density at radius 1 is 1.15 bits per heavy atom. The minimum absolute atomic E-state index is 0.0129. The molecule has 7 heteroatoms. The Balaban J connectivity index is 1.94. The van der Waals surface area contributed by atoms with Gasteiger partial charge >= 0.3 is 0 Å². The fourth-order valence-corrected chi connectivity index (χ4v) is 3.87. The van der Waals surface area contributed by atoms with Gasteiger partial charge in [-0.15, -0.1) is 0 Å². The van der Waals surface area contributed by atoms with Gasteiger partial charge in [-0.1, -0.05) is 0 Å². The van der Waals surface area contributed by atoms with Gasteiger partial charge in [0.25, 0.3) is 0 Å². The van der Waals surface area contributed by atoms with Crippen molar-refractivity contribution in [3.05, 3.63) is 34.7 Å². The van der Waals surface area contributed by atoms with Gasteiger partial charge in [0, 0.05) is 56.1 Å². The van der Waals surface area contributed by atoms with Crippen LogP contribution in [0.1, 0.15) is 20.8 Å². The Bertz CT molecular complexity index is 829. The summed E-state index contributed by atoms with van der Waals surface area (Å²) in [5, 5.41) is 13.5. The maximum atomic E-state index is 13.9. The molecule has 0 bridgehead atoms. The van der Waals surface area contributed by atoms with Crippen LogP contribution in [-0.4, -0.2) is 53.8 Å². The molecule has 0 saturated carbocycles. The van der Waals surface area contributed by atoms with Gasteiger partial charge < -0.3 is 15.3 Å². The van der Waals surface area contributed by atoms with Gasteiger partial charge in [0.15, 0.2) is 0 Å². The lowest BCUT2D eigenvalue weighted by molar-refractivity contribution is 0.128. The highest BCUT2D eigenvalue weighted by atomic mass is 79.9. The smallest absolute Gasteiger partial charge is 0.149 e. The second kappa shape index (κ2) is 7.64. The molecule has 0 atom stereocenters. The Morgan fingerprint density at radius 3 is 2.41 bits per heavy atom. The molecule has 1 aliphatic heterocycles. The van der Waals surface area contributed by atoms with Gasteiger partial charge in [-0.05, 0) is 54.9 Å². The Morgan fingerprint density at radius 2 is 1.81 bits per heavy atom. The number of phenolic OH excluding ortho intramolecular Hbond substituents is 1. The van der Waals surface area contributed by atoms with Crippen LogP contribution in [-0.2, 0) is 0 Å². The summed E-state index contributed by atoms with van der Waals surface area (Å²) in [4.78, 5) is 9.26. The van der Waals surface area contributed by atoms with Crippen molar-refractivity contribution < 1.29 is 9.50 Å². The molecule has 1 aromatic heterocycles. The topological polar surface area (TPSA) is 51.6 Å². The zero-order valence-corrected chi connectivity index (χ0v) is 17.8. The number of benzene rings is 1. The SMILES string of the molecule is CNc1ncc(-c2cc(F)cc(Br)c2O)cc1N1CCN(C(C)(C)C)CC1. The van der Waals surface area contributed by atoms with Gasteiger partial charge in [-0.2, -0.15) is 0 Å². The summed E-state index contributed by atoms with van der Waals surface area (Å²) in [5.74, 6) is 0.379. The zero-order valence-electron chi connectivity index (χ0n) is 16.2. The molecular weight excluding hydrogens is 411 g/mol. The third-order valence-corrected chi connectivity index (χ3v) is 5.62. The van der Waals surface area contributed by atoms with Crippen LogP contribution in [0.4, 0.5) is 15.9 Å². The molecule has 2 heterocycles. The van der Waals surface area contributed by atoms with Crippen molar-refractivity contribution >= 4 is 27.4 Å². The summed E-state index contributed by atoms with van der Waals surface area (Å²) < 4.78 is 14.2. The number of hydrogen-bond acceptors (Lipinski definition) is 5. The van der Waals surface area contributed by atoms with Gasteiger partial charge in [-0.25, -0.2) is 9.37 Å². The minimum atomic E-state index is -0.410. The summed E-state index contributed by atoms with van der Waals surface area (Å²) in [6.45, 7) is 10.4. The average Bonchev–Trinajstić information content (AvgIpc) is 2.63. The van der Waals surface area contributed by atoms with Crippen LogP contribution >= 0.6 is 15.9 Å². The predicted octanol–water partition coefficient (Wildman–Crippen LogP) is 4.32. The molecule has 2 N–H and O–H groups in total. The normalized spacial score (nSPS) is 15.9. The summed E-state index contributed by atoms with van der Waals surface area (Å²) in [5.41, 5.74) is 2.22. The maximum Gasteiger partial charge on any atom is 0.149 e. The first kappa shape index (κ1) is 19.9. The van der Waals surface area contributed by atoms with E-state index in [0.717, 1.165) is 37.7 Å². The molecule has 2 aromatic rings. The van der Waals surface area contributed by atoms with Crippen LogP contribution in [0.25, 0.3) is 11.1 Å². The lowest BCUT2D eigenvalue weighted by atomic mass is 10.0. The molecule has 3 rings (SSSR count). The quantitative estimate of drug-likeness (QED) is 0.750. The molecule has 1 aliphatic rings. The number of aromatic nitrogens is 1. The summed E-state index contributed by atoms with van der Waals surface area (Å²) in [6, 6.07) is 4.55. The average molecular weight is 437 g/mol. The molecule has 0 aliphatic carbocycles. The van der Waals surface area contributed by atoms with Crippen LogP contribution in [0.3, 0.4) is 0 Å². The van der Waals surface area contributed by atoms with Crippen molar-refractivity contribution in [2.45, 2.75) is 26.3 Å². The molecule has 27 heavy (non-hydrogen) atoms. The van der Waals surface area contributed by atoms with Gasteiger partial charge in [0.2, 0.25) is 0 Å². The number of phenols is 1. The van der Waals surface area contributed by atoms with E-state index >= 15 is 0 Å². The molecule has 1 aromatic carbocycles. The third kappa shape index (κ3) is 4.19. The molecule has 5 nitrogen and oxygen atoms in total. The first-order chi connectivity index (χ1) is 12.7. The molecule has 1 saturated heterocycles. The number of aromatic hydroxyl groups is 1. The van der Waals surface area contributed by atoms with Crippen molar-refractivity contribution in [3.8, 4) is 16.9 Å². The van der Waals surface area contributed by atoms with Crippen LogP contribution in [0.15, 0.2) is 28.9 Å². The molecule has 146 valence electrons. The Kier molecular flexibility index (Phi) is 5.63. The van der Waals surface area contributed by atoms with Gasteiger partial charge in [0.1, 0.15) is 17.4 Å². The van der Waals surface area contributed by atoms with E-state index in [9.17, 15) is 9.50 Å². The van der Waals surface area contributed by atoms with Crippen molar-refractivity contribution in [1.29, 1.82) is 0 Å². The molecule has 1 fully saturated rings. The molecule has 0 radical (unpaired) electrons. The lowest BCUT2D eigenvalue weighted by Gasteiger charge is -2.43. The Hall–Kier alpha value is -1.86. The second-order valence-electron chi connectivity index (χ2n) is 7.77. The largest absolute Gasteiger partial charge is 0.506 e. The highest BCUT2D eigenvalue weighted by Crippen LogP contribution is 2.38. The predicted molar refractivity (Wildman–Crippen MR) is 112 cm³/mol. The van der Waals surface area contributed by atoms with E-state index in [1.807, 2.05) is 13.1 Å². The monoisotopic (exact) mass is 436 g/mol. The number of piperazine rings is 1. The molecule has 0 amide bonds. The highest BCUT2D eigenvalue weighted by Gasteiger charge is 2.27. The zero-order chi connectivity index (χ0) is 19.8. The van der Waals surface area contributed by atoms with E-state index in [4.69, 9.17) is 0 Å². The van der Waals surface area contributed by atoms with Crippen LogP contribution in [0, 0.1) is 5.82 Å². The third-order valence-electron chi connectivity index (χ3n) is 5.01. The van der Waals surface area contributed by atoms with Gasteiger partial charge in [0.05, 0.1) is 10.2 Å². The van der Waals surface area contributed by atoms with E-state index < -0.39 is 5.82 Å². The second-order valence-corrected chi connectivity index (χ2v) is 8.62. The van der Waals surface area contributed by atoms with Crippen LogP contribution < -0.4 is 10.2 Å². The first-order valence-electron chi connectivity index (χ1n) is 9.07. The van der Waals surface area contributed by atoms with E-state index in [-0.39, 0.29) is 11.3 Å². The first-order valence-corrected chi connectivity index (χ1v) is 9.86. The number of nitrogens with one attached hydrogen (secondary N) is 1. The molecule has 0 unspecified atom stereocenters. The van der Waals surface area contributed by atoms with Crippen molar-refractivity contribution in [3.63, 3.8) is 0 Å². The number of anilines is 2. The number of nitrogens with zero attached hydrogens (tertiary/aromatic N) is 3. The minimum Gasteiger partial charge on any atom is -0.506 e. The van der Waals surface area contributed by atoms with Crippen LogP contribution in [0.5, 0.6) is 5.75 Å². The maximum absolute atomic E-state index is 13.9. The van der Waals surface area contributed by atoms with E-state index in [1.54, 1.807) is 6.20 Å². The van der Waals surface area contributed by atoms with Gasteiger partial charge in [-0.3, -0.25) is 4.90 Å². The summed E-state index contributed by atoms with van der Waals surface area (Å²) >= 11 is 3.20. The fraction of sp³-hybridized carbons (Fsp3) is 0.450. The van der Waals surface area contributed by atoms with Crippen molar-refractivity contribution in [1.82, 2.24) is 9.88 Å². The van der Waals surface area contributed by atoms with E-state index in [1.165, 1.54) is 12.1 Å². The van der Waals surface area contributed by atoms with E-state index in [2.05, 4.69) is 56.8 Å². The van der Waals surface area contributed by atoms with Crippen molar-refractivity contribution in [2.75, 3.05) is 43.4 Å². The fourth-order valence-electron chi connectivity index (χ4n) is 3.44. The molecular formula is C20H26BrFN4O. The number of hydrogen-bond donors (Lipinski definition) is 2. The standard InChI is InChI=1S/C20H26BrFN4O/c1-20(2,3)26-7-5-25(6-8-26)17-9-13(12-24-19(17)23-4)15-10-14(22)11-16(21)18(15)27/h9-12,27H,5-8H2,1-4H3,(H,23,24). The van der Waals surface area contributed by atoms with E-state index in [0.29, 0.717) is 15.6 Å². The molecule has 0 spiro atoms. The van der Waals surface area contributed by atoms with Crippen molar-refractivity contribution in [2.24, 2.45) is 0 Å². The lowest BCUT2D eigenvalue weighted by Crippen LogP contribution is -2.53.